The van der Waals surface area contributed by atoms with E-state index in [0.29, 0.717) is 17.3 Å². The van der Waals surface area contributed by atoms with Crippen LogP contribution in [0.2, 0.25) is 0 Å². The van der Waals surface area contributed by atoms with Crippen molar-refractivity contribution in [3.05, 3.63) is 35.7 Å². The fraction of sp³-hybridized carbons (Fsp3) is 0.250. The van der Waals surface area contributed by atoms with Gasteiger partial charge in [0.15, 0.2) is 5.82 Å². The van der Waals surface area contributed by atoms with Gasteiger partial charge in [-0.15, -0.1) is 0 Å². The van der Waals surface area contributed by atoms with E-state index in [-0.39, 0.29) is 5.91 Å². The van der Waals surface area contributed by atoms with Crippen LogP contribution in [0.3, 0.4) is 0 Å². The van der Waals surface area contributed by atoms with Crippen LogP contribution in [-0.4, -0.2) is 28.2 Å². The first-order valence-corrected chi connectivity index (χ1v) is 5.58. The molecule has 0 radical (unpaired) electrons. The number of rotatable bonds is 4. The molecule has 2 aromatic heterocycles. The van der Waals surface area contributed by atoms with Gasteiger partial charge in [0.1, 0.15) is 0 Å². The third kappa shape index (κ3) is 2.65. The second kappa shape index (κ2) is 5.31. The van der Waals surface area contributed by atoms with Crippen molar-refractivity contribution in [3.8, 4) is 5.88 Å². The molecule has 0 saturated heterocycles. The molecule has 2 heterocycles. The Balaban J connectivity index is 2.06. The number of nitrogens with one attached hydrogen (secondary N) is 2. The number of amides is 1. The highest BCUT2D eigenvalue weighted by Gasteiger charge is 2.08. The molecule has 6 nitrogen and oxygen atoms in total. The standard InChI is InChI=1S/C12H14N4O2/c1-3-9-6-10(16-15-9)14-12(17)8-4-5-11(18-2)13-7-8/h4-7H,3H2,1-2H3,(H2,14,15,16,17). The lowest BCUT2D eigenvalue weighted by Gasteiger charge is -2.02. The number of hydrogen-bond donors (Lipinski definition) is 2. The third-order valence-electron chi connectivity index (χ3n) is 2.46. The van der Waals surface area contributed by atoms with Crippen molar-refractivity contribution in [1.29, 1.82) is 0 Å². The molecule has 2 N–H and O–H groups in total. The van der Waals surface area contributed by atoms with Gasteiger partial charge in [-0.25, -0.2) is 4.98 Å². The molecule has 94 valence electrons. The molecule has 0 fully saturated rings. The number of hydrogen-bond acceptors (Lipinski definition) is 4. The first kappa shape index (κ1) is 12.1. The van der Waals surface area contributed by atoms with Crippen LogP contribution in [0.25, 0.3) is 0 Å². The van der Waals surface area contributed by atoms with Crippen molar-refractivity contribution < 1.29 is 9.53 Å². The predicted molar refractivity (Wildman–Crippen MR) is 66.7 cm³/mol. The summed E-state index contributed by atoms with van der Waals surface area (Å²) in [4.78, 5) is 15.8. The second-order valence-electron chi connectivity index (χ2n) is 3.68. The number of aryl methyl sites for hydroxylation is 1. The molecule has 6 heteroatoms. The van der Waals surface area contributed by atoms with Crippen molar-refractivity contribution in [1.82, 2.24) is 15.2 Å². The Morgan fingerprint density at radius 2 is 2.33 bits per heavy atom. The van der Waals surface area contributed by atoms with Crippen molar-refractivity contribution in [2.24, 2.45) is 0 Å². The summed E-state index contributed by atoms with van der Waals surface area (Å²) in [6.45, 7) is 2.01. The largest absolute Gasteiger partial charge is 0.481 e. The van der Waals surface area contributed by atoms with E-state index in [1.807, 2.05) is 6.92 Å². The first-order chi connectivity index (χ1) is 8.72. The average Bonchev–Trinajstić information content (AvgIpc) is 2.86. The highest BCUT2D eigenvalue weighted by molar-refractivity contribution is 6.03. The Morgan fingerprint density at radius 3 is 2.89 bits per heavy atom. The summed E-state index contributed by atoms with van der Waals surface area (Å²) in [5.74, 6) is 0.728. The summed E-state index contributed by atoms with van der Waals surface area (Å²) in [5, 5.41) is 9.50. The van der Waals surface area contributed by atoms with E-state index in [1.54, 1.807) is 18.2 Å². The van der Waals surface area contributed by atoms with Crippen LogP contribution in [0.4, 0.5) is 5.82 Å². The summed E-state index contributed by atoms with van der Waals surface area (Å²) in [5.41, 5.74) is 1.43. The first-order valence-electron chi connectivity index (χ1n) is 5.58. The maximum Gasteiger partial charge on any atom is 0.258 e. The Hall–Kier alpha value is -2.37. The minimum Gasteiger partial charge on any atom is -0.481 e. The monoisotopic (exact) mass is 246 g/mol. The molecule has 0 spiro atoms. The van der Waals surface area contributed by atoms with Gasteiger partial charge in [0.2, 0.25) is 5.88 Å². The summed E-state index contributed by atoms with van der Waals surface area (Å²) >= 11 is 0. The van der Waals surface area contributed by atoms with E-state index in [4.69, 9.17) is 4.74 Å². The van der Waals surface area contributed by atoms with Gasteiger partial charge in [-0.2, -0.15) is 5.10 Å². The number of nitrogens with zero attached hydrogens (tertiary/aromatic N) is 2. The highest BCUT2D eigenvalue weighted by Crippen LogP contribution is 2.10. The molecule has 0 aromatic carbocycles. The number of anilines is 1. The SMILES string of the molecule is CCc1cc(NC(=O)c2ccc(OC)nc2)n[nH]1. The molecule has 0 aliphatic heterocycles. The number of methoxy groups -OCH3 is 1. The zero-order valence-corrected chi connectivity index (χ0v) is 10.2. The number of ether oxygens (including phenoxy) is 1. The molecule has 2 rings (SSSR count). The molecule has 2 aromatic rings. The third-order valence-corrected chi connectivity index (χ3v) is 2.46. The van der Waals surface area contributed by atoms with Gasteiger partial charge in [0.25, 0.3) is 5.91 Å². The van der Waals surface area contributed by atoms with Gasteiger partial charge >= 0.3 is 0 Å². The maximum atomic E-state index is 11.9. The number of carbonyl (C=O) groups excluding carboxylic acids is 1. The molecular formula is C12H14N4O2. The van der Waals surface area contributed by atoms with Crippen molar-refractivity contribution in [2.75, 3.05) is 12.4 Å². The predicted octanol–water partition coefficient (Wildman–Crippen LogP) is 1.63. The quantitative estimate of drug-likeness (QED) is 0.859. The molecule has 0 unspecified atom stereocenters. The van der Waals surface area contributed by atoms with E-state index in [9.17, 15) is 4.79 Å². The molecule has 0 aliphatic rings. The Labute approximate surface area is 104 Å². The van der Waals surface area contributed by atoms with Gasteiger partial charge in [-0.05, 0) is 12.5 Å². The number of aromatic amines is 1. The lowest BCUT2D eigenvalue weighted by Crippen LogP contribution is -2.12. The normalized spacial score (nSPS) is 10.1. The van der Waals surface area contributed by atoms with Crippen molar-refractivity contribution in [2.45, 2.75) is 13.3 Å². The fourth-order valence-corrected chi connectivity index (χ4v) is 1.43. The number of H-pyrrole nitrogens is 1. The minimum atomic E-state index is -0.251. The van der Waals surface area contributed by atoms with E-state index >= 15 is 0 Å². The lowest BCUT2D eigenvalue weighted by atomic mass is 10.2. The van der Waals surface area contributed by atoms with Crippen LogP contribution in [0.1, 0.15) is 23.0 Å². The molecule has 18 heavy (non-hydrogen) atoms. The van der Waals surface area contributed by atoms with Crippen molar-refractivity contribution in [3.63, 3.8) is 0 Å². The second-order valence-corrected chi connectivity index (χ2v) is 3.68. The maximum absolute atomic E-state index is 11.9. The van der Waals surface area contributed by atoms with E-state index < -0.39 is 0 Å². The Bertz CT molecular complexity index is 533. The van der Waals surface area contributed by atoms with E-state index in [0.717, 1.165) is 12.1 Å². The van der Waals surface area contributed by atoms with Gasteiger partial charge in [0.05, 0.1) is 12.7 Å². The molecule has 0 bridgehead atoms. The van der Waals surface area contributed by atoms with Crippen LogP contribution in [0, 0.1) is 0 Å². The highest BCUT2D eigenvalue weighted by atomic mass is 16.5. The minimum absolute atomic E-state index is 0.251. The molecular weight excluding hydrogens is 232 g/mol. The number of pyridine rings is 1. The zero-order chi connectivity index (χ0) is 13.0. The molecule has 0 saturated carbocycles. The zero-order valence-electron chi connectivity index (χ0n) is 10.2. The molecule has 0 atom stereocenters. The topological polar surface area (TPSA) is 79.9 Å². The molecule has 0 aliphatic carbocycles. The van der Waals surface area contributed by atoms with Crippen LogP contribution in [0.15, 0.2) is 24.4 Å². The van der Waals surface area contributed by atoms with Crippen LogP contribution < -0.4 is 10.1 Å². The summed E-state index contributed by atoms with van der Waals surface area (Å²) in [6, 6.07) is 5.08. The number of carbonyl (C=O) groups is 1. The number of aromatic nitrogens is 3. The van der Waals surface area contributed by atoms with Gasteiger partial charge in [-0.3, -0.25) is 9.89 Å². The Morgan fingerprint density at radius 1 is 1.50 bits per heavy atom. The van der Waals surface area contributed by atoms with E-state index in [2.05, 4.69) is 20.5 Å². The van der Waals surface area contributed by atoms with Crippen LogP contribution in [-0.2, 0) is 6.42 Å². The van der Waals surface area contributed by atoms with Gasteiger partial charge in [-0.1, -0.05) is 6.92 Å². The van der Waals surface area contributed by atoms with Crippen LogP contribution in [0.5, 0.6) is 5.88 Å². The van der Waals surface area contributed by atoms with Gasteiger partial charge in [0, 0.05) is 24.0 Å². The summed E-state index contributed by atoms with van der Waals surface area (Å²) in [6.07, 6.45) is 2.30. The van der Waals surface area contributed by atoms with Gasteiger partial charge < -0.3 is 10.1 Å². The average molecular weight is 246 g/mol. The summed E-state index contributed by atoms with van der Waals surface area (Å²) in [7, 11) is 1.53. The fourth-order valence-electron chi connectivity index (χ4n) is 1.43. The Kier molecular flexibility index (Phi) is 3.57. The van der Waals surface area contributed by atoms with Crippen molar-refractivity contribution >= 4 is 11.7 Å². The summed E-state index contributed by atoms with van der Waals surface area (Å²) < 4.78 is 4.92. The smallest absolute Gasteiger partial charge is 0.258 e. The molecule has 1 amide bonds. The lowest BCUT2D eigenvalue weighted by molar-refractivity contribution is 0.102. The van der Waals surface area contributed by atoms with Crippen LogP contribution >= 0.6 is 0 Å². The van der Waals surface area contributed by atoms with E-state index in [1.165, 1.54) is 13.3 Å².